The Morgan fingerprint density at radius 1 is 1.42 bits per heavy atom. The van der Waals surface area contributed by atoms with Crippen LogP contribution in [0.1, 0.15) is 18.4 Å². The zero-order valence-electron chi connectivity index (χ0n) is 14.4. The number of hydrogen-bond acceptors (Lipinski definition) is 4. The number of carbonyl (C=O) groups is 2. The molecule has 132 valence electrons. The lowest BCUT2D eigenvalue weighted by Gasteiger charge is -2.16. The van der Waals surface area contributed by atoms with Crippen LogP contribution in [0.5, 0.6) is 5.75 Å². The number of carboxylic acids is 1. The van der Waals surface area contributed by atoms with E-state index in [1.54, 1.807) is 4.90 Å². The first-order valence-corrected chi connectivity index (χ1v) is 8.33. The van der Waals surface area contributed by atoms with Gasteiger partial charge in [-0.3, -0.25) is 9.59 Å². The minimum absolute atomic E-state index is 0.0708. The topological polar surface area (TPSA) is 70.1 Å². The van der Waals surface area contributed by atoms with Crippen molar-refractivity contribution in [2.45, 2.75) is 19.3 Å². The molecule has 0 spiro atoms. The second-order valence-corrected chi connectivity index (χ2v) is 6.48. The molecule has 1 aliphatic rings. The maximum Gasteiger partial charge on any atom is 0.308 e. The summed E-state index contributed by atoms with van der Waals surface area (Å²) in [6.07, 6.45) is 1.79. The highest BCUT2D eigenvalue weighted by Crippen LogP contribution is 2.19. The quantitative estimate of drug-likeness (QED) is 0.693. The van der Waals surface area contributed by atoms with E-state index in [9.17, 15) is 9.59 Å². The van der Waals surface area contributed by atoms with Crippen molar-refractivity contribution in [2.24, 2.45) is 5.92 Å². The van der Waals surface area contributed by atoms with Crippen LogP contribution in [-0.4, -0.2) is 67.1 Å². The van der Waals surface area contributed by atoms with E-state index >= 15 is 0 Å². The summed E-state index contributed by atoms with van der Waals surface area (Å²) < 4.78 is 5.75. The first-order valence-electron chi connectivity index (χ1n) is 8.33. The van der Waals surface area contributed by atoms with Gasteiger partial charge in [-0.1, -0.05) is 12.1 Å². The van der Waals surface area contributed by atoms with Gasteiger partial charge in [-0.25, -0.2) is 0 Å². The Bertz CT molecular complexity index is 574. The highest BCUT2D eigenvalue weighted by molar-refractivity contribution is 5.86. The summed E-state index contributed by atoms with van der Waals surface area (Å²) >= 11 is 0. The largest absolute Gasteiger partial charge is 0.494 e. The van der Waals surface area contributed by atoms with Gasteiger partial charge < -0.3 is 19.6 Å². The minimum atomic E-state index is -0.890. The molecule has 0 radical (unpaired) electrons. The summed E-state index contributed by atoms with van der Waals surface area (Å²) in [6, 6.07) is 7.87. The molecule has 0 aliphatic carbocycles. The zero-order valence-corrected chi connectivity index (χ0v) is 14.4. The van der Waals surface area contributed by atoms with Crippen molar-refractivity contribution in [3.8, 4) is 5.75 Å². The van der Waals surface area contributed by atoms with Crippen LogP contribution in [0, 0.1) is 5.92 Å². The molecule has 1 aromatic carbocycles. The molecule has 24 heavy (non-hydrogen) atoms. The van der Waals surface area contributed by atoms with Crippen LogP contribution >= 0.6 is 0 Å². The van der Waals surface area contributed by atoms with Crippen molar-refractivity contribution in [3.63, 3.8) is 0 Å². The molecule has 1 unspecified atom stereocenters. The van der Waals surface area contributed by atoms with Gasteiger partial charge in [-0.2, -0.15) is 0 Å². The zero-order chi connectivity index (χ0) is 17.5. The summed E-state index contributed by atoms with van der Waals surface area (Å²) in [7, 11) is 4.07. The number of ether oxygens (including phenoxy) is 1. The Labute approximate surface area is 143 Å². The van der Waals surface area contributed by atoms with E-state index in [1.807, 2.05) is 38.4 Å². The van der Waals surface area contributed by atoms with E-state index < -0.39 is 11.9 Å². The fourth-order valence-corrected chi connectivity index (χ4v) is 2.78. The molecule has 1 saturated heterocycles. The van der Waals surface area contributed by atoms with Crippen LogP contribution in [0.3, 0.4) is 0 Å². The van der Waals surface area contributed by atoms with Crippen LogP contribution in [0.25, 0.3) is 0 Å². The van der Waals surface area contributed by atoms with Gasteiger partial charge in [0.2, 0.25) is 5.91 Å². The van der Waals surface area contributed by atoms with Gasteiger partial charge in [0, 0.05) is 26.1 Å². The molecular formula is C18H26N2O4. The van der Waals surface area contributed by atoms with Gasteiger partial charge in [0.25, 0.3) is 0 Å². The number of rotatable bonds is 9. The van der Waals surface area contributed by atoms with Gasteiger partial charge in [-0.05, 0) is 44.6 Å². The first-order chi connectivity index (χ1) is 11.5. The Morgan fingerprint density at radius 3 is 2.88 bits per heavy atom. The predicted octanol–water partition coefficient (Wildman–Crippen LogP) is 1.49. The molecule has 1 N–H and O–H groups in total. The number of carbonyl (C=O) groups excluding carboxylic acids is 1. The number of carboxylic acid groups (broad SMARTS) is 1. The number of likely N-dealkylation sites (tertiary alicyclic amines) is 1. The van der Waals surface area contributed by atoms with E-state index in [2.05, 4.69) is 4.90 Å². The lowest BCUT2D eigenvalue weighted by molar-refractivity contribution is -0.141. The van der Waals surface area contributed by atoms with E-state index in [0.717, 1.165) is 24.3 Å². The third kappa shape index (κ3) is 5.53. The Balaban J connectivity index is 1.80. The lowest BCUT2D eigenvalue weighted by Crippen LogP contribution is -2.28. The number of benzene rings is 1. The molecule has 6 nitrogen and oxygen atoms in total. The molecule has 1 heterocycles. The van der Waals surface area contributed by atoms with Crippen molar-refractivity contribution in [1.82, 2.24) is 9.80 Å². The third-order valence-electron chi connectivity index (χ3n) is 4.15. The molecule has 1 aliphatic heterocycles. The second-order valence-electron chi connectivity index (χ2n) is 6.48. The van der Waals surface area contributed by atoms with Crippen molar-refractivity contribution >= 4 is 11.9 Å². The standard InChI is InChI=1S/C18H26N2O4/c1-19(2)8-4-10-24-16-6-3-5-14(11-16)7-9-20-13-15(18(22)23)12-17(20)21/h3,5-6,11,15H,4,7-10,12-13H2,1-2H3,(H,22,23). The maximum absolute atomic E-state index is 11.8. The van der Waals surface area contributed by atoms with Crippen molar-refractivity contribution in [3.05, 3.63) is 29.8 Å². The molecule has 0 saturated carbocycles. The summed E-state index contributed by atoms with van der Waals surface area (Å²) in [5.41, 5.74) is 1.09. The molecule has 1 fully saturated rings. The Morgan fingerprint density at radius 2 is 2.21 bits per heavy atom. The van der Waals surface area contributed by atoms with Gasteiger partial charge in [0.15, 0.2) is 0 Å². The SMILES string of the molecule is CN(C)CCCOc1cccc(CCN2CC(C(=O)O)CC2=O)c1. The van der Waals surface area contributed by atoms with Crippen molar-refractivity contribution in [1.29, 1.82) is 0 Å². The molecule has 1 atom stereocenters. The van der Waals surface area contributed by atoms with Crippen LogP contribution in [0.15, 0.2) is 24.3 Å². The highest BCUT2D eigenvalue weighted by atomic mass is 16.5. The summed E-state index contributed by atoms with van der Waals surface area (Å²) in [4.78, 5) is 26.6. The fraction of sp³-hybridized carbons (Fsp3) is 0.556. The van der Waals surface area contributed by atoms with Crippen LogP contribution < -0.4 is 4.74 Å². The van der Waals surface area contributed by atoms with E-state index in [4.69, 9.17) is 9.84 Å². The maximum atomic E-state index is 11.8. The van der Waals surface area contributed by atoms with E-state index in [0.29, 0.717) is 26.1 Å². The monoisotopic (exact) mass is 334 g/mol. The second kappa shape index (κ2) is 8.68. The van der Waals surface area contributed by atoms with Crippen LogP contribution in [0.2, 0.25) is 0 Å². The molecular weight excluding hydrogens is 308 g/mol. The average Bonchev–Trinajstić information content (AvgIpc) is 2.91. The number of nitrogens with zero attached hydrogens (tertiary/aromatic N) is 2. The third-order valence-corrected chi connectivity index (χ3v) is 4.15. The summed E-state index contributed by atoms with van der Waals surface area (Å²) in [5.74, 6) is -0.691. The summed E-state index contributed by atoms with van der Waals surface area (Å²) in [6.45, 7) is 2.52. The average molecular weight is 334 g/mol. The number of aliphatic carboxylic acids is 1. The predicted molar refractivity (Wildman–Crippen MR) is 91.1 cm³/mol. The van der Waals surface area contributed by atoms with Gasteiger partial charge in [-0.15, -0.1) is 0 Å². The smallest absolute Gasteiger partial charge is 0.308 e. The molecule has 1 amide bonds. The van der Waals surface area contributed by atoms with Gasteiger partial charge in [0.05, 0.1) is 12.5 Å². The normalized spacial score (nSPS) is 17.5. The van der Waals surface area contributed by atoms with Crippen molar-refractivity contribution < 1.29 is 19.4 Å². The van der Waals surface area contributed by atoms with Crippen LogP contribution in [0.4, 0.5) is 0 Å². The molecule has 2 rings (SSSR count). The molecule has 6 heteroatoms. The highest BCUT2D eigenvalue weighted by Gasteiger charge is 2.33. The van der Waals surface area contributed by atoms with E-state index in [-0.39, 0.29) is 12.3 Å². The molecule has 0 bridgehead atoms. The molecule has 1 aromatic rings. The van der Waals surface area contributed by atoms with Crippen molar-refractivity contribution in [2.75, 3.05) is 40.3 Å². The molecule has 0 aromatic heterocycles. The Kier molecular flexibility index (Phi) is 6.61. The minimum Gasteiger partial charge on any atom is -0.494 e. The van der Waals surface area contributed by atoms with Crippen LogP contribution in [-0.2, 0) is 16.0 Å². The van der Waals surface area contributed by atoms with E-state index in [1.165, 1.54) is 0 Å². The van der Waals surface area contributed by atoms with Gasteiger partial charge in [0.1, 0.15) is 5.75 Å². The van der Waals surface area contributed by atoms with Gasteiger partial charge >= 0.3 is 5.97 Å². The first kappa shape index (κ1) is 18.3. The fourth-order valence-electron chi connectivity index (χ4n) is 2.78. The number of hydrogen-bond donors (Lipinski definition) is 1. The number of amides is 1. The summed E-state index contributed by atoms with van der Waals surface area (Å²) in [5, 5.41) is 9.01. The Hall–Kier alpha value is -2.08. The lowest BCUT2D eigenvalue weighted by atomic mass is 10.1.